The van der Waals surface area contributed by atoms with E-state index < -0.39 is 40.7 Å². The molecule has 28 heavy (non-hydrogen) atoms. The Morgan fingerprint density at radius 3 is 2.21 bits per heavy atom. The van der Waals surface area contributed by atoms with E-state index in [1.807, 2.05) is 0 Å². The maximum atomic E-state index is 13.8. The summed E-state index contributed by atoms with van der Waals surface area (Å²) < 4.78 is 65.7. The van der Waals surface area contributed by atoms with Crippen LogP contribution in [0.2, 0.25) is 0 Å². The summed E-state index contributed by atoms with van der Waals surface area (Å²) in [7, 11) is 1.35. The smallest absolute Gasteiger partial charge is 0.346 e. The number of halogens is 5. The Labute approximate surface area is 157 Å². The molecule has 1 heterocycles. The molecule has 0 saturated carbocycles. The minimum absolute atomic E-state index is 0.183. The molecule has 2 atom stereocenters. The molecule has 0 aromatic heterocycles. The Kier molecular flexibility index (Phi) is 4.64. The third-order valence-corrected chi connectivity index (χ3v) is 4.96. The number of alkyl halides is 3. The van der Waals surface area contributed by atoms with Crippen LogP contribution in [-0.2, 0) is 16.5 Å². The summed E-state index contributed by atoms with van der Waals surface area (Å²) in [6.07, 6.45) is -4.53. The van der Waals surface area contributed by atoms with Crippen LogP contribution in [0.25, 0.3) is 0 Å². The van der Waals surface area contributed by atoms with Crippen LogP contribution in [0.15, 0.2) is 42.5 Å². The molecule has 148 valence electrons. The third-order valence-electron chi connectivity index (χ3n) is 4.96. The van der Waals surface area contributed by atoms with E-state index >= 15 is 0 Å². The molecule has 1 aliphatic heterocycles. The molecule has 1 saturated heterocycles. The van der Waals surface area contributed by atoms with Gasteiger partial charge < -0.3 is 5.32 Å². The molecule has 2 aromatic carbocycles. The second kappa shape index (κ2) is 6.57. The molecule has 1 fully saturated rings. The zero-order valence-corrected chi connectivity index (χ0v) is 14.9. The molecular weight excluding hydrogens is 381 g/mol. The molecule has 0 bridgehead atoms. The molecule has 1 amide bonds. The van der Waals surface area contributed by atoms with Crippen molar-refractivity contribution < 1.29 is 26.7 Å². The second-order valence-corrected chi connectivity index (χ2v) is 6.75. The summed E-state index contributed by atoms with van der Waals surface area (Å²) in [6.45, 7) is 1.52. The van der Waals surface area contributed by atoms with E-state index in [1.54, 1.807) is 0 Å². The summed E-state index contributed by atoms with van der Waals surface area (Å²) >= 11 is 0. The minimum atomic E-state index is -4.53. The number of likely N-dealkylation sites (N-methyl/N-ethyl adjacent to an activating group) is 1. The molecule has 0 unspecified atom stereocenters. The normalized spacial score (nSPS) is 23.0. The number of amides is 1. The average molecular weight is 397 g/mol. The Morgan fingerprint density at radius 2 is 1.68 bits per heavy atom. The zero-order valence-electron chi connectivity index (χ0n) is 14.9. The molecule has 2 N–H and O–H groups in total. The first-order chi connectivity index (χ1) is 12.9. The molecule has 1 aliphatic rings. The van der Waals surface area contributed by atoms with Gasteiger partial charge in [-0.05, 0) is 42.3 Å². The average Bonchev–Trinajstić information content (AvgIpc) is 2.62. The van der Waals surface area contributed by atoms with Crippen LogP contribution in [0.5, 0.6) is 0 Å². The van der Waals surface area contributed by atoms with Gasteiger partial charge in [-0.25, -0.2) is 8.78 Å². The highest BCUT2D eigenvalue weighted by molar-refractivity contribution is 6.02. The molecule has 3 rings (SSSR count). The lowest BCUT2D eigenvalue weighted by Crippen LogP contribution is -2.62. The first-order valence-electron chi connectivity index (χ1n) is 8.22. The lowest BCUT2D eigenvalue weighted by molar-refractivity contribution is -0.137. The topological polar surface area (TPSA) is 56.2 Å². The fourth-order valence-electron chi connectivity index (χ4n) is 3.35. The van der Waals surface area contributed by atoms with Gasteiger partial charge in [-0.1, -0.05) is 18.2 Å². The number of hydrogen-bond acceptors (Lipinski definition) is 2. The maximum Gasteiger partial charge on any atom is 0.416 e. The number of nitrogens with one attached hydrogen (secondary N) is 2. The first-order valence-corrected chi connectivity index (χ1v) is 8.22. The molecular formula is C19H16F5N3O. The van der Waals surface area contributed by atoms with Gasteiger partial charge in [0.15, 0.2) is 17.6 Å². The van der Waals surface area contributed by atoms with Crippen LogP contribution >= 0.6 is 0 Å². The predicted octanol–water partition coefficient (Wildman–Crippen LogP) is 3.98. The highest BCUT2D eigenvalue weighted by atomic mass is 19.4. The van der Waals surface area contributed by atoms with Crippen molar-refractivity contribution in [1.29, 1.82) is 5.41 Å². The van der Waals surface area contributed by atoms with E-state index in [0.29, 0.717) is 0 Å². The number of guanidine groups is 1. The Morgan fingerprint density at radius 1 is 1.07 bits per heavy atom. The Bertz CT molecular complexity index is 942. The molecule has 0 radical (unpaired) electrons. The van der Waals surface area contributed by atoms with Crippen LogP contribution in [0.3, 0.4) is 0 Å². The van der Waals surface area contributed by atoms with Crippen molar-refractivity contribution in [2.45, 2.75) is 24.6 Å². The van der Waals surface area contributed by atoms with Gasteiger partial charge >= 0.3 is 6.18 Å². The van der Waals surface area contributed by atoms with Gasteiger partial charge in [-0.15, -0.1) is 0 Å². The molecule has 4 nitrogen and oxygen atoms in total. The van der Waals surface area contributed by atoms with Gasteiger partial charge in [0.1, 0.15) is 0 Å². The van der Waals surface area contributed by atoms with Crippen molar-refractivity contribution in [3.63, 3.8) is 0 Å². The fraction of sp³-hybridized carbons (Fsp3) is 0.263. The molecule has 0 aliphatic carbocycles. The minimum Gasteiger partial charge on any atom is -0.346 e. The van der Waals surface area contributed by atoms with Gasteiger partial charge in [-0.2, -0.15) is 13.2 Å². The monoisotopic (exact) mass is 397 g/mol. The van der Waals surface area contributed by atoms with Gasteiger partial charge in [-0.3, -0.25) is 15.1 Å². The lowest BCUT2D eigenvalue weighted by atomic mass is 9.73. The summed E-state index contributed by atoms with van der Waals surface area (Å²) in [5.74, 6) is -4.10. The fourth-order valence-corrected chi connectivity index (χ4v) is 3.35. The predicted molar refractivity (Wildman–Crippen MR) is 91.5 cm³/mol. The largest absolute Gasteiger partial charge is 0.416 e. The van der Waals surface area contributed by atoms with Crippen LogP contribution in [0.4, 0.5) is 22.0 Å². The van der Waals surface area contributed by atoms with E-state index in [-0.39, 0.29) is 17.1 Å². The van der Waals surface area contributed by atoms with Crippen LogP contribution in [0.1, 0.15) is 29.5 Å². The molecule has 2 aromatic rings. The maximum absolute atomic E-state index is 13.8. The zero-order chi connectivity index (χ0) is 20.9. The second-order valence-electron chi connectivity index (χ2n) is 6.75. The number of carbonyl (C=O) groups excluding carboxylic acids is 1. The number of benzene rings is 2. The van der Waals surface area contributed by atoms with E-state index in [1.165, 1.54) is 32.2 Å². The van der Waals surface area contributed by atoms with Crippen molar-refractivity contribution in [3.05, 3.63) is 70.8 Å². The van der Waals surface area contributed by atoms with Crippen LogP contribution < -0.4 is 5.32 Å². The Balaban J connectivity index is 2.14. The van der Waals surface area contributed by atoms with Gasteiger partial charge in [0, 0.05) is 7.05 Å². The van der Waals surface area contributed by atoms with Crippen molar-refractivity contribution in [1.82, 2.24) is 10.2 Å². The quantitative estimate of drug-likeness (QED) is 0.754. The summed E-state index contributed by atoms with van der Waals surface area (Å²) in [4.78, 5) is 13.9. The highest BCUT2D eigenvalue weighted by Gasteiger charge is 2.48. The number of carbonyl (C=O) groups is 1. The number of hydrogen-bond donors (Lipinski definition) is 2. The lowest BCUT2D eigenvalue weighted by Gasteiger charge is -2.46. The SMILES string of the molecule is CN1C(=N)N[C@](C)(c2ccc(F)c(F)c2)[C@H](c2ccc(C(F)(F)F)cc2)C1=O. The summed E-state index contributed by atoms with van der Waals surface area (Å²) in [5.41, 5.74) is -1.82. The van der Waals surface area contributed by atoms with Crippen LogP contribution in [0, 0.1) is 17.0 Å². The third kappa shape index (κ3) is 3.21. The number of rotatable bonds is 2. The molecule has 0 spiro atoms. The standard InChI is InChI=1S/C19H16F5N3O/c1-18(12-7-8-13(20)14(21)9-12)15(16(28)27(2)17(25)26-18)10-3-5-11(6-4-10)19(22,23)24/h3-9,15H,1-2H3,(H2,25,26)/t15-,18-/m1/s1. The van der Waals surface area contributed by atoms with E-state index in [2.05, 4.69) is 5.32 Å². The number of nitrogens with zero attached hydrogens (tertiary/aromatic N) is 1. The summed E-state index contributed by atoms with van der Waals surface area (Å²) in [5, 5.41) is 10.8. The van der Waals surface area contributed by atoms with Gasteiger partial charge in [0.05, 0.1) is 17.0 Å². The Hall–Kier alpha value is -2.97. The molecule has 9 heteroatoms. The van der Waals surface area contributed by atoms with Crippen molar-refractivity contribution in [2.24, 2.45) is 0 Å². The van der Waals surface area contributed by atoms with E-state index in [9.17, 15) is 26.7 Å². The van der Waals surface area contributed by atoms with E-state index in [0.717, 1.165) is 29.2 Å². The van der Waals surface area contributed by atoms with Crippen molar-refractivity contribution in [2.75, 3.05) is 7.05 Å². The van der Waals surface area contributed by atoms with Gasteiger partial charge in [0.25, 0.3) is 0 Å². The summed E-state index contributed by atoms with van der Waals surface area (Å²) in [6, 6.07) is 7.14. The van der Waals surface area contributed by atoms with Crippen molar-refractivity contribution >= 4 is 11.9 Å². The highest BCUT2D eigenvalue weighted by Crippen LogP contribution is 2.41. The van der Waals surface area contributed by atoms with Gasteiger partial charge in [0.2, 0.25) is 5.91 Å². The first kappa shape index (κ1) is 19.8. The van der Waals surface area contributed by atoms with Crippen molar-refractivity contribution in [3.8, 4) is 0 Å². The van der Waals surface area contributed by atoms with Crippen LogP contribution in [-0.4, -0.2) is 23.8 Å². The van der Waals surface area contributed by atoms with E-state index in [4.69, 9.17) is 5.41 Å².